The second kappa shape index (κ2) is 27.5. The van der Waals surface area contributed by atoms with Crippen molar-refractivity contribution in [1.29, 1.82) is 0 Å². The van der Waals surface area contributed by atoms with Gasteiger partial charge in [-0.25, -0.2) is 0 Å². The fourth-order valence-corrected chi connectivity index (χ4v) is 4.60. The fraction of sp³-hybridized carbons (Fsp3) is 0.935. The van der Waals surface area contributed by atoms with Gasteiger partial charge in [-0.1, -0.05) is 130 Å². The van der Waals surface area contributed by atoms with Gasteiger partial charge < -0.3 is 9.47 Å². The number of unbranched alkanes of at least 4 members (excludes halogenated alkanes) is 16. The Labute approximate surface area is 218 Å². The number of carbonyl (C=O) groups is 2. The Bertz CT molecular complexity index is 457. The maximum Gasteiger partial charge on any atom is 0.306 e. The molecule has 0 aliphatic rings. The summed E-state index contributed by atoms with van der Waals surface area (Å²) in [6.07, 6.45) is 27.7. The zero-order valence-corrected chi connectivity index (χ0v) is 23.9. The lowest BCUT2D eigenvalue weighted by Gasteiger charge is -2.16. The van der Waals surface area contributed by atoms with Crippen molar-refractivity contribution >= 4 is 11.9 Å². The van der Waals surface area contributed by atoms with Crippen LogP contribution in [0.3, 0.4) is 0 Å². The summed E-state index contributed by atoms with van der Waals surface area (Å²) in [6, 6.07) is 0. The molecule has 35 heavy (non-hydrogen) atoms. The first kappa shape index (κ1) is 33.9. The fourth-order valence-electron chi connectivity index (χ4n) is 4.60. The number of ether oxygens (including phenoxy) is 2. The molecule has 208 valence electrons. The van der Waals surface area contributed by atoms with Gasteiger partial charge >= 0.3 is 11.9 Å². The van der Waals surface area contributed by atoms with Gasteiger partial charge in [-0.3, -0.25) is 9.59 Å². The van der Waals surface area contributed by atoms with E-state index in [1.807, 2.05) is 0 Å². The van der Waals surface area contributed by atoms with E-state index in [0.717, 1.165) is 38.5 Å². The largest absolute Gasteiger partial charge is 0.466 e. The lowest BCUT2D eigenvalue weighted by molar-refractivity contribution is -0.150. The lowest BCUT2D eigenvalue weighted by atomic mass is 10.0. The van der Waals surface area contributed by atoms with Crippen LogP contribution in [0, 0.1) is 0 Å². The first-order valence-corrected chi connectivity index (χ1v) is 15.5. The minimum absolute atomic E-state index is 0.0576. The van der Waals surface area contributed by atoms with Crippen molar-refractivity contribution < 1.29 is 19.1 Å². The lowest BCUT2D eigenvalue weighted by Crippen LogP contribution is -2.17. The molecule has 0 aromatic rings. The SMILES string of the molecule is CCCCCCCCCCCCCCCCCCOC(=O)CCCCC(=O)OC(CCC)CCC. The molecule has 0 amide bonds. The molecule has 0 aromatic carbocycles. The van der Waals surface area contributed by atoms with Crippen LogP contribution >= 0.6 is 0 Å². The van der Waals surface area contributed by atoms with Gasteiger partial charge in [0.05, 0.1) is 6.61 Å². The van der Waals surface area contributed by atoms with Crippen LogP contribution in [0.1, 0.15) is 175 Å². The van der Waals surface area contributed by atoms with E-state index < -0.39 is 0 Å². The van der Waals surface area contributed by atoms with Gasteiger partial charge in [-0.2, -0.15) is 0 Å². The Morgan fingerprint density at radius 3 is 1.31 bits per heavy atom. The summed E-state index contributed by atoms with van der Waals surface area (Å²) in [5.74, 6) is -0.257. The Balaban J connectivity index is 3.35. The normalized spacial score (nSPS) is 11.2. The zero-order chi connectivity index (χ0) is 25.8. The number of carbonyl (C=O) groups excluding carboxylic acids is 2. The van der Waals surface area contributed by atoms with E-state index in [0.29, 0.717) is 32.3 Å². The molecular weight excluding hydrogens is 436 g/mol. The molecule has 0 aromatic heterocycles. The monoisotopic (exact) mass is 496 g/mol. The van der Waals surface area contributed by atoms with Crippen LogP contribution in [0.25, 0.3) is 0 Å². The quantitative estimate of drug-likeness (QED) is 0.0838. The molecule has 0 heterocycles. The van der Waals surface area contributed by atoms with Crippen molar-refractivity contribution in [3.63, 3.8) is 0 Å². The second-order valence-electron chi connectivity index (χ2n) is 10.4. The Hall–Kier alpha value is -1.06. The topological polar surface area (TPSA) is 52.6 Å². The van der Waals surface area contributed by atoms with Gasteiger partial charge in [0.2, 0.25) is 0 Å². The Morgan fingerprint density at radius 2 is 0.886 bits per heavy atom. The van der Waals surface area contributed by atoms with Crippen LogP contribution < -0.4 is 0 Å². The third-order valence-corrected chi connectivity index (χ3v) is 6.79. The maximum atomic E-state index is 12.0. The van der Waals surface area contributed by atoms with Crippen molar-refractivity contribution in [3.05, 3.63) is 0 Å². The average molecular weight is 497 g/mol. The minimum Gasteiger partial charge on any atom is -0.466 e. The number of esters is 2. The molecule has 0 atom stereocenters. The van der Waals surface area contributed by atoms with Crippen molar-refractivity contribution in [2.45, 2.75) is 181 Å². The van der Waals surface area contributed by atoms with Crippen LogP contribution in [0.5, 0.6) is 0 Å². The summed E-state index contributed by atoms with van der Waals surface area (Å²) in [5.41, 5.74) is 0. The first-order valence-electron chi connectivity index (χ1n) is 15.5. The molecule has 0 N–H and O–H groups in total. The van der Waals surface area contributed by atoms with E-state index in [9.17, 15) is 9.59 Å². The van der Waals surface area contributed by atoms with Crippen LogP contribution in [0.2, 0.25) is 0 Å². The highest BCUT2D eigenvalue weighted by Gasteiger charge is 2.13. The van der Waals surface area contributed by atoms with Crippen LogP contribution in [-0.2, 0) is 19.1 Å². The second-order valence-corrected chi connectivity index (χ2v) is 10.4. The van der Waals surface area contributed by atoms with E-state index in [-0.39, 0.29) is 18.0 Å². The van der Waals surface area contributed by atoms with Crippen molar-refractivity contribution in [1.82, 2.24) is 0 Å². The molecular formula is C31H60O4. The molecule has 0 radical (unpaired) electrons. The third-order valence-electron chi connectivity index (χ3n) is 6.79. The Morgan fingerprint density at radius 1 is 0.486 bits per heavy atom. The van der Waals surface area contributed by atoms with Crippen molar-refractivity contribution in [2.75, 3.05) is 6.61 Å². The van der Waals surface area contributed by atoms with E-state index in [4.69, 9.17) is 9.47 Å². The smallest absolute Gasteiger partial charge is 0.306 e. The summed E-state index contributed by atoms with van der Waals surface area (Å²) in [4.78, 5) is 23.8. The van der Waals surface area contributed by atoms with E-state index in [1.54, 1.807) is 0 Å². The molecule has 0 fully saturated rings. The van der Waals surface area contributed by atoms with Crippen LogP contribution in [0.15, 0.2) is 0 Å². The van der Waals surface area contributed by atoms with Crippen molar-refractivity contribution in [2.24, 2.45) is 0 Å². The van der Waals surface area contributed by atoms with Gasteiger partial charge in [-0.05, 0) is 32.1 Å². The summed E-state index contributed by atoms with van der Waals surface area (Å²) in [5, 5.41) is 0. The molecule has 0 rings (SSSR count). The summed E-state index contributed by atoms with van der Waals surface area (Å²) >= 11 is 0. The number of hydrogen-bond acceptors (Lipinski definition) is 4. The number of rotatable bonds is 27. The predicted molar refractivity (Wildman–Crippen MR) is 149 cm³/mol. The van der Waals surface area contributed by atoms with E-state index in [1.165, 1.54) is 89.9 Å². The summed E-state index contributed by atoms with van der Waals surface area (Å²) in [7, 11) is 0. The highest BCUT2D eigenvalue weighted by molar-refractivity contribution is 5.70. The van der Waals surface area contributed by atoms with Crippen LogP contribution in [-0.4, -0.2) is 24.6 Å². The molecule has 0 unspecified atom stereocenters. The summed E-state index contributed by atoms with van der Waals surface area (Å²) < 4.78 is 10.9. The minimum atomic E-state index is -0.130. The van der Waals surface area contributed by atoms with E-state index >= 15 is 0 Å². The Kier molecular flexibility index (Phi) is 26.7. The number of hydrogen-bond donors (Lipinski definition) is 0. The molecule has 0 bridgehead atoms. The van der Waals surface area contributed by atoms with Gasteiger partial charge in [0.1, 0.15) is 6.10 Å². The zero-order valence-electron chi connectivity index (χ0n) is 23.9. The van der Waals surface area contributed by atoms with Gasteiger partial charge in [0.25, 0.3) is 0 Å². The first-order chi connectivity index (χ1) is 17.1. The van der Waals surface area contributed by atoms with Gasteiger partial charge in [0.15, 0.2) is 0 Å². The molecule has 0 saturated carbocycles. The van der Waals surface area contributed by atoms with E-state index in [2.05, 4.69) is 20.8 Å². The molecule has 4 heteroatoms. The molecule has 4 nitrogen and oxygen atoms in total. The molecule has 0 aliphatic heterocycles. The predicted octanol–water partition coefficient (Wildman–Crippen LogP) is 9.86. The standard InChI is InChI=1S/C31H60O4/c1-4-7-8-9-10-11-12-13-14-15-16-17-18-19-20-23-28-34-30(32)26-21-22-27-31(33)35-29(24-5-2)25-6-3/h29H,4-28H2,1-3H3. The van der Waals surface area contributed by atoms with Crippen LogP contribution in [0.4, 0.5) is 0 Å². The molecule has 0 saturated heterocycles. The maximum absolute atomic E-state index is 12.0. The molecule has 0 spiro atoms. The molecule has 0 aliphatic carbocycles. The van der Waals surface area contributed by atoms with Crippen molar-refractivity contribution in [3.8, 4) is 0 Å². The third kappa shape index (κ3) is 25.8. The van der Waals surface area contributed by atoms with Gasteiger partial charge in [-0.15, -0.1) is 0 Å². The highest BCUT2D eigenvalue weighted by Crippen LogP contribution is 2.14. The average Bonchev–Trinajstić information content (AvgIpc) is 2.84. The summed E-state index contributed by atoms with van der Waals surface area (Å²) in [6.45, 7) is 7.04. The van der Waals surface area contributed by atoms with Gasteiger partial charge in [0, 0.05) is 12.8 Å². The highest BCUT2D eigenvalue weighted by atomic mass is 16.5.